The van der Waals surface area contributed by atoms with Crippen molar-refractivity contribution < 1.29 is 10.0 Å². The van der Waals surface area contributed by atoms with Gasteiger partial charge in [-0.05, 0) is 39.3 Å². The van der Waals surface area contributed by atoms with E-state index in [4.69, 9.17) is 0 Å². The molecule has 1 N–H and O–H groups in total. The number of hydrogen-bond donors (Lipinski definition) is 1. The maximum Gasteiger partial charge on any atom is 0.249 e. The van der Waals surface area contributed by atoms with Crippen LogP contribution in [0.15, 0.2) is 30.3 Å². The summed E-state index contributed by atoms with van der Waals surface area (Å²) in [6.07, 6.45) is 0.565. The van der Waals surface area contributed by atoms with Crippen molar-refractivity contribution >= 4 is 11.6 Å². The number of nitrogens with zero attached hydrogens (tertiary/aromatic N) is 2. The molecule has 0 aliphatic carbocycles. The molecule has 0 saturated carbocycles. The summed E-state index contributed by atoms with van der Waals surface area (Å²) in [7, 11) is 0. The Morgan fingerprint density at radius 2 is 1.79 bits per heavy atom. The third-order valence-electron chi connectivity index (χ3n) is 4.05. The zero-order valence-corrected chi connectivity index (χ0v) is 12.1. The first kappa shape index (κ1) is 14.0. The molecule has 1 aliphatic rings. The van der Waals surface area contributed by atoms with Gasteiger partial charge in [0.25, 0.3) is 0 Å². The molecule has 1 amide bonds. The number of hydroxylamine groups is 2. The summed E-state index contributed by atoms with van der Waals surface area (Å²) in [5.74, 6) is -0.0528. The van der Waals surface area contributed by atoms with E-state index in [1.54, 1.807) is 11.8 Å². The van der Waals surface area contributed by atoms with Crippen LogP contribution in [0, 0.1) is 0 Å². The van der Waals surface area contributed by atoms with Crippen LogP contribution < -0.4 is 4.90 Å². The lowest BCUT2D eigenvalue weighted by atomic mass is 9.86. The van der Waals surface area contributed by atoms with Crippen LogP contribution in [0.1, 0.15) is 34.1 Å². The van der Waals surface area contributed by atoms with Crippen molar-refractivity contribution in [3.8, 4) is 0 Å². The normalized spacial score (nSPS) is 27.6. The van der Waals surface area contributed by atoms with Crippen LogP contribution in [-0.2, 0) is 4.79 Å². The van der Waals surface area contributed by atoms with E-state index in [0.717, 1.165) is 5.69 Å². The lowest BCUT2D eigenvalue weighted by Crippen LogP contribution is -2.71. The van der Waals surface area contributed by atoms with Crippen molar-refractivity contribution in [1.82, 2.24) is 5.06 Å². The Bertz CT molecular complexity index is 472. The number of benzene rings is 1. The Morgan fingerprint density at radius 1 is 1.21 bits per heavy atom. The standard InChI is InChI=1S/C15H22N2O2/c1-5-15(4)13(18)16(11-14(2,3)17(15)19)12-9-7-6-8-10-12/h6-10,19H,5,11H2,1-4H3. The number of carbonyl (C=O) groups is 1. The lowest BCUT2D eigenvalue weighted by Gasteiger charge is -2.52. The van der Waals surface area contributed by atoms with Gasteiger partial charge in [0.05, 0.1) is 5.54 Å². The van der Waals surface area contributed by atoms with Gasteiger partial charge in [0.15, 0.2) is 0 Å². The van der Waals surface area contributed by atoms with E-state index >= 15 is 0 Å². The summed E-state index contributed by atoms with van der Waals surface area (Å²) in [5.41, 5.74) is -0.472. The summed E-state index contributed by atoms with van der Waals surface area (Å²) in [6.45, 7) is 8.09. The average molecular weight is 262 g/mol. The molecule has 0 spiro atoms. The first-order valence-corrected chi connectivity index (χ1v) is 6.69. The van der Waals surface area contributed by atoms with E-state index in [0.29, 0.717) is 13.0 Å². The number of piperazine rings is 1. The SMILES string of the molecule is CCC1(C)C(=O)N(c2ccccc2)CC(C)(C)N1O. The van der Waals surface area contributed by atoms with E-state index in [-0.39, 0.29) is 5.91 Å². The smallest absolute Gasteiger partial charge is 0.249 e. The number of rotatable bonds is 2. The molecular formula is C15H22N2O2. The maximum absolute atomic E-state index is 12.7. The van der Waals surface area contributed by atoms with E-state index in [9.17, 15) is 10.0 Å². The van der Waals surface area contributed by atoms with Gasteiger partial charge in [-0.3, -0.25) is 4.79 Å². The molecule has 1 aromatic rings. The minimum Gasteiger partial charge on any atom is -0.312 e. The van der Waals surface area contributed by atoms with Crippen LogP contribution in [0.4, 0.5) is 5.69 Å². The Labute approximate surface area is 114 Å². The highest BCUT2D eigenvalue weighted by Crippen LogP contribution is 2.35. The fourth-order valence-corrected chi connectivity index (χ4v) is 2.69. The fraction of sp³-hybridized carbons (Fsp3) is 0.533. The van der Waals surface area contributed by atoms with Gasteiger partial charge in [-0.25, -0.2) is 0 Å². The van der Waals surface area contributed by atoms with E-state index in [1.165, 1.54) is 5.06 Å². The third kappa shape index (κ3) is 2.15. The molecule has 19 heavy (non-hydrogen) atoms. The molecule has 1 saturated heterocycles. The van der Waals surface area contributed by atoms with Crippen molar-refractivity contribution in [3.63, 3.8) is 0 Å². The molecular weight excluding hydrogens is 240 g/mol. The third-order valence-corrected chi connectivity index (χ3v) is 4.05. The highest BCUT2D eigenvalue weighted by Gasteiger charge is 2.52. The van der Waals surface area contributed by atoms with Crippen molar-refractivity contribution in [3.05, 3.63) is 30.3 Å². The number of para-hydroxylation sites is 1. The van der Waals surface area contributed by atoms with Gasteiger partial charge in [0.2, 0.25) is 5.91 Å². The monoisotopic (exact) mass is 262 g/mol. The predicted octanol–water partition coefficient (Wildman–Crippen LogP) is 2.67. The van der Waals surface area contributed by atoms with Gasteiger partial charge >= 0.3 is 0 Å². The van der Waals surface area contributed by atoms with Gasteiger partial charge in [-0.2, -0.15) is 5.06 Å². The van der Waals surface area contributed by atoms with Gasteiger partial charge in [-0.1, -0.05) is 25.1 Å². The highest BCUT2D eigenvalue weighted by molar-refractivity contribution is 6.01. The van der Waals surface area contributed by atoms with Crippen LogP contribution in [0.5, 0.6) is 0 Å². The van der Waals surface area contributed by atoms with Crippen LogP contribution in [-0.4, -0.2) is 33.8 Å². The van der Waals surface area contributed by atoms with Crippen molar-refractivity contribution in [1.29, 1.82) is 0 Å². The highest BCUT2D eigenvalue weighted by atomic mass is 16.5. The second kappa shape index (κ2) is 4.62. The summed E-state index contributed by atoms with van der Waals surface area (Å²) >= 11 is 0. The molecule has 4 heteroatoms. The quantitative estimate of drug-likeness (QED) is 0.891. The van der Waals surface area contributed by atoms with E-state index < -0.39 is 11.1 Å². The van der Waals surface area contributed by atoms with Gasteiger partial charge in [0.1, 0.15) is 5.54 Å². The second-order valence-corrected chi connectivity index (χ2v) is 5.98. The molecule has 1 atom stereocenters. The summed E-state index contributed by atoms with van der Waals surface area (Å²) in [4.78, 5) is 14.5. The Kier molecular flexibility index (Phi) is 3.41. The summed E-state index contributed by atoms with van der Waals surface area (Å²) < 4.78 is 0. The summed E-state index contributed by atoms with van der Waals surface area (Å²) in [5, 5.41) is 11.6. The van der Waals surface area contributed by atoms with Crippen LogP contribution >= 0.6 is 0 Å². The van der Waals surface area contributed by atoms with Crippen LogP contribution in [0.2, 0.25) is 0 Å². The van der Waals surface area contributed by atoms with Crippen LogP contribution in [0.3, 0.4) is 0 Å². The van der Waals surface area contributed by atoms with Gasteiger partial charge in [0, 0.05) is 12.2 Å². The number of amides is 1. The first-order valence-electron chi connectivity index (χ1n) is 6.69. The summed E-state index contributed by atoms with van der Waals surface area (Å²) in [6, 6.07) is 9.63. The largest absolute Gasteiger partial charge is 0.312 e. The molecule has 1 heterocycles. The zero-order chi connectivity index (χ0) is 14.3. The maximum atomic E-state index is 12.7. The molecule has 104 valence electrons. The molecule has 1 aromatic carbocycles. The number of anilines is 1. The van der Waals surface area contributed by atoms with Gasteiger partial charge in [-0.15, -0.1) is 0 Å². The number of carbonyl (C=O) groups excluding carboxylic acids is 1. The molecule has 2 rings (SSSR count). The molecule has 0 radical (unpaired) electrons. The van der Waals surface area contributed by atoms with E-state index in [1.807, 2.05) is 51.1 Å². The van der Waals surface area contributed by atoms with Gasteiger partial charge < -0.3 is 10.1 Å². The first-order chi connectivity index (χ1) is 8.83. The fourth-order valence-electron chi connectivity index (χ4n) is 2.69. The Balaban J connectivity index is 2.45. The van der Waals surface area contributed by atoms with Crippen molar-refractivity contribution in [2.24, 2.45) is 0 Å². The molecule has 4 nitrogen and oxygen atoms in total. The second-order valence-electron chi connectivity index (χ2n) is 5.98. The Hall–Kier alpha value is -1.39. The van der Waals surface area contributed by atoms with Crippen molar-refractivity contribution in [2.45, 2.75) is 45.2 Å². The molecule has 1 aliphatic heterocycles. The minimum absolute atomic E-state index is 0.0528. The van der Waals surface area contributed by atoms with Crippen molar-refractivity contribution in [2.75, 3.05) is 11.4 Å². The zero-order valence-electron chi connectivity index (χ0n) is 12.1. The number of hydrogen-bond acceptors (Lipinski definition) is 3. The topological polar surface area (TPSA) is 43.8 Å². The van der Waals surface area contributed by atoms with Crippen LogP contribution in [0.25, 0.3) is 0 Å². The average Bonchev–Trinajstić information content (AvgIpc) is 2.42. The predicted molar refractivity (Wildman–Crippen MR) is 75.2 cm³/mol. The molecule has 1 fully saturated rings. The van der Waals surface area contributed by atoms with E-state index in [2.05, 4.69) is 0 Å². The minimum atomic E-state index is -0.877. The molecule has 0 bridgehead atoms. The molecule has 1 unspecified atom stereocenters. The Morgan fingerprint density at radius 3 is 2.32 bits per heavy atom. The lowest BCUT2D eigenvalue weighted by molar-refractivity contribution is -0.232. The molecule has 0 aromatic heterocycles.